The third-order valence-electron chi connectivity index (χ3n) is 4.13. The van der Waals surface area contributed by atoms with Crippen molar-refractivity contribution in [3.8, 4) is 0 Å². The molecule has 1 aliphatic carbocycles. The van der Waals surface area contributed by atoms with E-state index < -0.39 is 0 Å². The highest BCUT2D eigenvalue weighted by atomic mass is 16.1. The van der Waals surface area contributed by atoms with Crippen LogP contribution in [0.3, 0.4) is 0 Å². The van der Waals surface area contributed by atoms with Crippen molar-refractivity contribution in [1.29, 1.82) is 0 Å². The lowest BCUT2D eigenvalue weighted by Crippen LogP contribution is -2.45. The topological polar surface area (TPSA) is 41.5 Å². The normalized spacial score (nSPS) is 28.6. The first-order valence-corrected chi connectivity index (χ1v) is 6.89. The monoisotopic (exact) mass is 256 g/mol. The fourth-order valence-electron chi connectivity index (χ4n) is 3.33. The van der Waals surface area contributed by atoms with Gasteiger partial charge in [-0.2, -0.15) is 5.10 Å². The molecule has 2 aliphatic rings. The number of benzene rings is 1. The Balaban J connectivity index is 1.93. The minimum atomic E-state index is -0.0603. The van der Waals surface area contributed by atoms with Crippen molar-refractivity contribution in [2.75, 3.05) is 0 Å². The van der Waals surface area contributed by atoms with Crippen LogP contribution in [0.1, 0.15) is 37.8 Å². The van der Waals surface area contributed by atoms with Gasteiger partial charge in [-0.15, -0.1) is 0 Å². The van der Waals surface area contributed by atoms with Crippen LogP contribution in [0.2, 0.25) is 0 Å². The molecule has 0 saturated heterocycles. The summed E-state index contributed by atoms with van der Waals surface area (Å²) in [7, 11) is 0. The number of carbonyl (C=O) groups excluding carboxylic acids is 1. The molecule has 3 rings (SSSR count). The SMILES string of the molecule is Cc1cccc(C2=NN[C@H]3CC(C)(C)CC(=O)[C@H]23)c1. The highest BCUT2D eigenvalue weighted by molar-refractivity contribution is 6.15. The van der Waals surface area contributed by atoms with Gasteiger partial charge in [0.05, 0.1) is 17.7 Å². The van der Waals surface area contributed by atoms with Crippen LogP contribution >= 0.6 is 0 Å². The van der Waals surface area contributed by atoms with Crippen molar-refractivity contribution in [2.24, 2.45) is 16.4 Å². The molecule has 1 aliphatic heterocycles. The maximum absolute atomic E-state index is 12.4. The lowest BCUT2D eigenvalue weighted by molar-refractivity contribution is -0.126. The second-order valence-corrected chi connectivity index (χ2v) is 6.59. The molecule has 0 unspecified atom stereocenters. The molecule has 0 radical (unpaired) electrons. The number of carbonyl (C=O) groups is 1. The van der Waals surface area contributed by atoms with Crippen LogP contribution in [0.4, 0.5) is 0 Å². The first kappa shape index (κ1) is 12.4. The lowest BCUT2D eigenvalue weighted by Gasteiger charge is -2.36. The van der Waals surface area contributed by atoms with Crippen LogP contribution < -0.4 is 5.43 Å². The summed E-state index contributed by atoms with van der Waals surface area (Å²) >= 11 is 0. The average Bonchev–Trinajstić information content (AvgIpc) is 2.71. The smallest absolute Gasteiger partial charge is 0.144 e. The Morgan fingerprint density at radius 3 is 2.89 bits per heavy atom. The van der Waals surface area contributed by atoms with E-state index >= 15 is 0 Å². The Labute approximate surface area is 114 Å². The van der Waals surface area contributed by atoms with E-state index in [4.69, 9.17) is 0 Å². The molecular formula is C16H20N2O. The minimum Gasteiger partial charge on any atom is -0.306 e. The molecule has 100 valence electrons. The van der Waals surface area contributed by atoms with Crippen molar-refractivity contribution < 1.29 is 4.79 Å². The molecule has 3 nitrogen and oxygen atoms in total. The van der Waals surface area contributed by atoms with Gasteiger partial charge in [-0.25, -0.2) is 0 Å². The van der Waals surface area contributed by atoms with Crippen molar-refractivity contribution in [3.63, 3.8) is 0 Å². The summed E-state index contributed by atoms with van der Waals surface area (Å²) in [5.41, 5.74) is 6.47. The van der Waals surface area contributed by atoms with Gasteiger partial charge in [0.1, 0.15) is 5.78 Å². The summed E-state index contributed by atoms with van der Waals surface area (Å²) in [6, 6.07) is 8.42. The molecule has 1 aromatic carbocycles. The first-order valence-electron chi connectivity index (χ1n) is 6.89. The van der Waals surface area contributed by atoms with E-state index in [1.807, 2.05) is 12.1 Å². The molecule has 1 heterocycles. The maximum atomic E-state index is 12.4. The quantitative estimate of drug-likeness (QED) is 0.839. The predicted molar refractivity (Wildman–Crippen MR) is 76.2 cm³/mol. The van der Waals surface area contributed by atoms with Crippen LogP contribution in [-0.2, 0) is 4.79 Å². The first-order chi connectivity index (χ1) is 8.96. The van der Waals surface area contributed by atoms with Crippen LogP contribution in [0.5, 0.6) is 0 Å². The van der Waals surface area contributed by atoms with Gasteiger partial charge in [0.15, 0.2) is 0 Å². The van der Waals surface area contributed by atoms with Gasteiger partial charge in [0, 0.05) is 6.42 Å². The van der Waals surface area contributed by atoms with Crippen LogP contribution in [0.25, 0.3) is 0 Å². The number of nitrogens with one attached hydrogen (secondary N) is 1. The molecule has 1 saturated carbocycles. The molecule has 0 bridgehead atoms. The maximum Gasteiger partial charge on any atom is 0.144 e. The number of rotatable bonds is 1. The van der Waals surface area contributed by atoms with Crippen molar-refractivity contribution in [1.82, 2.24) is 5.43 Å². The van der Waals surface area contributed by atoms with E-state index in [9.17, 15) is 4.79 Å². The molecule has 0 aromatic heterocycles. The van der Waals surface area contributed by atoms with E-state index in [2.05, 4.69) is 43.4 Å². The summed E-state index contributed by atoms with van der Waals surface area (Å²) in [4.78, 5) is 12.4. The average molecular weight is 256 g/mol. The van der Waals surface area contributed by atoms with Gasteiger partial charge in [-0.05, 0) is 24.3 Å². The Morgan fingerprint density at radius 2 is 2.16 bits per heavy atom. The number of ketones is 1. The number of hydrogen-bond acceptors (Lipinski definition) is 3. The summed E-state index contributed by atoms with van der Waals surface area (Å²) in [5, 5.41) is 4.45. The Morgan fingerprint density at radius 1 is 1.37 bits per heavy atom. The molecule has 19 heavy (non-hydrogen) atoms. The number of nitrogens with zero attached hydrogens (tertiary/aromatic N) is 1. The molecule has 0 amide bonds. The minimum absolute atomic E-state index is 0.0603. The molecule has 1 fully saturated rings. The Hall–Kier alpha value is -1.64. The second-order valence-electron chi connectivity index (χ2n) is 6.59. The van der Waals surface area contributed by atoms with Crippen LogP contribution in [-0.4, -0.2) is 17.5 Å². The van der Waals surface area contributed by atoms with E-state index in [0.29, 0.717) is 12.2 Å². The van der Waals surface area contributed by atoms with E-state index in [1.54, 1.807) is 0 Å². The molecule has 3 heteroatoms. The van der Waals surface area contributed by atoms with Crippen molar-refractivity contribution >= 4 is 11.5 Å². The molecule has 1 aromatic rings. The fraction of sp³-hybridized carbons (Fsp3) is 0.500. The zero-order valence-corrected chi connectivity index (χ0v) is 11.7. The van der Waals surface area contributed by atoms with Gasteiger partial charge in [0.25, 0.3) is 0 Å². The number of hydrazone groups is 1. The van der Waals surface area contributed by atoms with Crippen LogP contribution in [0.15, 0.2) is 29.4 Å². The van der Waals surface area contributed by atoms with Gasteiger partial charge in [-0.1, -0.05) is 43.7 Å². The summed E-state index contributed by atoms with van der Waals surface area (Å²) in [5.74, 6) is 0.265. The Bertz CT molecular complexity index is 560. The summed E-state index contributed by atoms with van der Waals surface area (Å²) < 4.78 is 0. The predicted octanol–water partition coefficient (Wildman–Crippen LogP) is 2.68. The van der Waals surface area contributed by atoms with Crippen molar-refractivity contribution in [3.05, 3.63) is 35.4 Å². The largest absolute Gasteiger partial charge is 0.306 e. The fourth-order valence-corrected chi connectivity index (χ4v) is 3.33. The molecular weight excluding hydrogens is 236 g/mol. The number of fused-ring (bicyclic) bond motifs is 1. The van der Waals surface area contributed by atoms with Crippen LogP contribution in [0, 0.1) is 18.3 Å². The highest BCUT2D eigenvalue weighted by Gasteiger charge is 2.46. The molecule has 1 N–H and O–H groups in total. The second kappa shape index (κ2) is 4.19. The zero-order chi connectivity index (χ0) is 13.6. The number of aryl methyl sites for hydroxylation is 1. The van der Waals surface area contributed by atoms with Crippen molar-refractivity contribution in [2.45, 2.75) is 39.7 Å². The van der Waals surface area contributed by atoms with Gasteiger partial charge < -0.3 is 5.43 Å². The van der Waals surface area contributed by atoms with Gasteiger partial charge in [0.2, 0.25) is 0 Å². The highest BCUT2D eigenvalue weighted by Crippen LogP contribution is 2.39. The summed E-state index contributed by atoms with van der Waals surface area (Å²) in [6.07, 6.45) is 1.66. The Kier molecular flexibility index (Phi) is 2.73. The van der Waals surface area contributed by atoms with Gasteiger partial charge in [-0.3, -0.25) is 4.79 Å². The zero-order valence-electron chi connectivity index (χ0n) is 11.7. The third-order valence-corrected chi connectivity index (χ3v) is 4.13. The number of hydrogen-bond donors (Lipinski definition) is 1. The third kappa shape index (κ3) is 2.18. The van der Waals surface area contributed by atoms with E-state index in [-0.39, 0.29) is 17.4 Å². The van der Waals surface area contributed by atoms with Gasteiger partial charge >= 0.3 is 0 Å². The number of Topliss-reactive ketones (excluding diaryl/α,β-unsaturated/α-hetero) is 1. The lowest BCUT2D eigenvalue weighted by atomic mass is 9.68. The standard InChI is InChI=1S/C16H20N2O/c1-10-5-4-6-11(7-10)15-14-12(17-18-15)8-16(2,3)9-13(14)19/h4-7,12,14,17H,8-9H2,1-3H3/t12-,14+/m0/s1. The van der Waals surface area contributed by atoms with E-state index in [0.717, 1.165) is 17.7 Å². The molecule has 0 spiro atoms. The van der Waals surface area contributed by atoms with E-state index in [1.165, 1.54) is 5.56 Å². The molecule has 2 atom stereocenters. The summed E-state index contributed by atoms with van der Waals surface area (Å²) in [6.45, 7) is 6.39.